The lowest BCUT2D eigenvalue weighted by Gasteiger charge is -2.32. The minimum atomic E-state index is -0.0211. The van der Waals surface area contributed by atoms with Crippen LogP contribution in [-0.4, -0.2) is 81.4 Å². The zero-order valence-electron chi connectivity index (χ0n) is 23.9. The summed E-state index contributed by atoms with van der Waals surface area (Å²) in [6.45, 7) is 3.64. The molecule has 0 saturated carbocycles. The molecule has 0 spiro atoms. The van der Waals surface area contributed by atoms with Gasteiger partial charge in [0.15, 0.2) is 5.65 Å². The van der Waals surface area contributed by atoms with Gasteiger partial charge in [0.1, 0.15) is 29.3 Å². The first-order valence-corrected chi connectivity index (χ1v) is 14.6. The Bertz CT molecular complexity index is 1530. The first-order valence-electron chi connectivity index (χ1n) is 14.6. The van der Waals surface area contributed by atoms with Gasteiger partial charge in [0.2, 0.25) is 5.91 Å². The molecule has 2 aliphatic heterocycles. The molecule has 10 heteroatoms. The third kappa shape index (κ3) is 6.14. The lowest BCUT2D eigenvalue weighted by Crippen LogP contribution is -2.40. The van der Waals surface area contributed by atoms with Crippen molar-refractivity contribution in [3.05, 3.63) is 73.1 Å². The Morgan fingerprint density at radius 1 is 1.07 bits per heavy atom. The van der Waals surface area contributed by atoms with Crippen LogP contribution in [0.1, 0.15) is 31.7 Å². The summed E-state index contributed by atoms with van der Waals surface area (Å²) in [5.41, 5.74) is 8.65. The minimum absolute atomic E-state index is 0.0211. The number of ether oxygens (including phenoxy) is 2. The zero-order chi connectivity index (χ0) is 28.9. The maximum absolute atomic E-state index is 13.2. The number of nitrogen functional groups attached to an aromatic ring is 1. The van der Waals surface area contributed by atoms with Crippen molar-refractivity contribution in [2.45, 2.75) is 37.8 Å². The number of para-hydroxylation sites is 1. The maximum atomic E-state index is 13.2. The molecule has 42 heavy (non-hydrogen) atoms. The van der Waals surface area contributed by atoms with Crippen molar-refractivity contribution < 1.29 is 14.3 Å². The summed E-state index contributed by atoms with van der Waals surface area (Å²) in [6.07, 6.45) is 9.00. The molecule has 6 rings (SSSR count). The van der Waals surface area contributed by atoms with Gasteiger partial charge in [0.05, 0.1) is 11.4 Å². The van der Waals surface area contributed by atoms with Gasteiger partial charge in [0, 0.05) is 50.5 Å². The largest absolute Gasteiger partial charge is 0.457 e. The van der Waals surface area contributed by atoms with E-state index in [9.17, 15) is 4.79 Å². The average Bonchev–Trinajstić information content (AvgIpc) is 3.43. The molecule has 10 nitrogen and oxygen atoms in total. The van der Waals surface area contributed by atoms with Gasteiger partial charge in [-0.2, -0.15) is 5.10 Å². The van der Waals surface area contributed by atoms with E-state index in [1.165, 1.54) is 6.33 Å². The number of nitrogens with two attached hydrogens (primary N) is 1. The number of anilines is 1. The summed E-state index contributed by atoms with van der Waals surface area (Å²) >= 11 is 0. The summed E-state index contributed by atoms with van der Waals surface area (Å²) in [6, 6.07) is 17.9. The second-order valence-corrected chi connectivity index (χ2v) is 11.0. The van der Waals surface area contributed by atoms with Gasteiger partial charge in [-0.3, -0.25) is 9.69 Å². The fraction of sp³-hybridized carbons (Fsp3) is 0.375. The number of carbonyl (C=O) groups is 1. The van der Waals surface area contributed by atoms with E-state index in [4.69, 9.17) is 20.3 Å². The first-order chi connectivity index (χ1) is 20.6. The van der Waals surface area contributed by atoms with Gasteiger partial charge in [-0.05, 0) is 69.1 Å². The van der Waals surface area contributed by atoms with E-state index >= 15 is 0 Å². The molecule has 1 amide bonds. The molecule has 0 radical (unpaired) electrons. The number of aromatic nitrogens is 4. The van der Waals surface area contributed by atoms with Crippen LogP contribution in [0, 0.1) is 0 Å². The van der Waals surface area contributed by atoms with Crippen LogP contribution in [0.15, 0.2) is 73.1 Å². The number of nitrogens with zero attached hydrogens (tertiary/aromatic N) is 6. The second-order valence-electron chi connectivity index (χ2n) is 11.0. The van der Waals surface area contributed by atoms with Crippen LogP contribution >= 0.6 is 0 Å². The molecular weight excluding hydrogens is 530 g/mol. The van der Waals surface area contributed by atoms with Crippen LogP contribution in [0.2, 0.25) is 0 Å². The summed E-state index contributed by atoms with van der Waals surface area (Å²) in [5, 5.41) is 5.73. The summed E-state index contributed by atoms with van der Waals surface area (Å²) < 4.78 is 13.4. The van der Waals surface area contributed by atoms with Crippen molar-refractivity contribution in [2.24, 2.45) is 0 Å². The number of rotatable bonds is 8. The minimum Gasteiger partial charge on any atom is -0.457 e. The molecule has 2 saturated heterocycles. The van der Waals surface area contributed by atoms with E-state index in [1.807, 2.05) is 70.3 Å². The number of piperidine rings is 1. The number of benzene rings is 2. The fourth-order valence-electron chi connectivity index (χ4n) is 5.81. The Morgan fingerprint density at radius 2 is 1.83 bits per heavy atom. The number of fused-ring (bicyclic) bond motifs is 1. The molecule has 1 unspecified atom stereocenters. The van der Waals surface area contributed by atoms with Crippen molar-refractivity contribution >= 4 is 22.8 Å². The number of hydrogen-bond acceptors (Lipinski definition) is 8. The van der Waals surface area contributed by atoms with Gasteiger partial charge >= 0.3 is 0 Å². The van der Waals surface area contributed by atoms with E-state index in [2.05, 4.69) is 21.9 Å². The lowest BCUT2D eigenvalue weighted by molar-refractivity contribution is -0.127. The molecule has 218 valence electrons. The molecular formula is C32H37N7O3. The van der Waals surface area contributed by atoms with Crippen LogP contribution in [0.25, 0.3) is 22.3 Å². The van der Waals surface area contributed by atoms with Crippen molar-refractivity contribution in [2.75, 3.05) is 45.6 Å². The highest BCUT2D eigenvalue weighted by atomic mass is 16.5. The fourth-order valence-corrected chi connectivity index (χ4v) is 5.81. The molecule has 4 aromatic rings. The van der Waals surface area contributed by atoms with E-state index in [0.717, 1.165) is 69.0 Å². The molecule has 2 aliphatic rings. The van der Waals surface area contributed by atoms with Gasteiger partial charge in [-0.1, -0.05) is 24.3 Å². The highest BCUT2D eigenvalue weighted by molar-refractivity contribution is 5.98. The van der Waals surface area contributed by atoms with Crippen LogP contribution in [0.3, 0.4) is 0 Å². The number of hydrogen-bond donors (Lipinski definition) is 1. The number of likely N-dealkylation sites (tertiary alicyclic amines) is 1. The van der Waals surface area contributed by atoms with Crippen molar-refractivity contribution in [3.63, 3.8) is 0 Å². The Kier molecular flexibility index (Phi) is 8.43. The normalized spacial score (nSPS) is 18.2. The lowest BCUT2D eigenvalue weighted by atomic mass is 10.1. The second kappa shape index (κ2) is 12.7. The number of likely N-dealkylation sites (N-methyl/N-ethyl adjacent to an activating group) is 1. The van der Waals surface area contributed by atoms with E-state index < -0.39 is 0 Å². The van der Waals surface area contributed by atoms with Crippen LogP contribution in [0.5, 0.6) is 11.5 Å². The van der Waals surface area contributed by atoms with Gasteiger partial charge in [0.25, 0.3) is 0 Å². The Morgan fingerprint density at radius 3 is 2.62 bits per heavy atom. The number of amides is 1. The van der Waals surface area contributed by atoms with Crippen LogP contribution in [0.4, 0.5) is 5.82 Å². The smallest absolute Gasteiger partial charge is 0.246 e. The van der Waals surface area contributed by atoms with Crippen LogP contribution < -0.4 is 10.5 Å². The van der Waals surface area contributed by atoms with E-state index in [0.29, 0.717) is 35.1 Å². The molecule has 2 N–H and O–H groups in total. The van der Waals surface area contributed by atoms with Crippen LogP contribution in [-0.2, 0) is 9.53 Å². The van der Waals surface area contributed by atoms with E-state index in [1.54, 1.807) is 6.08 Å². The summed E-state index contributed by atoms with van der Waals surface area (Å²) in [5.74, 6) is 1.91. The summed E-state index contributed by atoms with van der Waals surface area (Å²) in [7, 11) is 2.11. The predicted octanol–water partition coefficient (Wildman–Crippen LogP) is 4.70. The topological polar surface area (TPSA) is 112 Å². The summed E-state index contributed by atoms with van der Waals surface area (Å²) in [4.78, 5) is 26.2. The van der Waals surface area contributed by atoms with Crippen molar-refractivity contribution in [1.82, 2.24) is 29.5 Å². The molecule has 1 atom stereocenters. The molecule has 2 fully saturated rings. The van der Waals surface area contributed by atoms with Gasteiger partial charge < -0.3 is 20.1 Å². The highest BCUT2D eigenvalue weighted by Crippen LogP contribution is 2.35. The molecule has 0 bridgehead atoms. The standard InChI is InChI=1S/C32H37N7O3/c1-37(24-15-19-41-20-16-24)17-6-10-28(40)38-18-5-7-25(21-38)39-32-29(31(33)34-22-35-32)30(36-39)23-11-13-27(14-12-23)42-26-8-3-2-4-9-26/h2-4,6,8-14,22,24-25H,5,7,15-21H2,1H3,(H2,33,34,35). The quantitative estimate of drug-likeness (QED) is 0.305. The average molecular weight is 568 g/mol. The third-order valence-electron chi connectivity index (χ3n) is 8.15. The highest BCUT2D eigenvalue weighted by Gasteiger charge is 2.28. The predicted molar refractivity (Wildman–Crippen MR) is 162 cm³/mol. The van der Waals surface area contributed by atoms with Crippen molar-refractivity contribution in [1.29, 1.82) is 0 Å². The van der Waals surface area contributed by atoms with E-state index in [-0.39, 0.29) is 11.9 Å². The SMILES string of the molecule is CN(CC=CC(=O)N1CCCC(n2nc(-c3ccc(Oc4ccccc4)cc3)c3c(N)ncnc32)C1)C1CCOCC1. The monoisotopic (exact) mass is 567 g/mol. The Labute approximate surface area is 245 Å². The molecule has 2 aromatic carbocycles. The Hall–Kier alpha value is -4.28. The number of carbonyl (C=O) groups excluding carboxylic acids is 1. The van der Waals surface area contributed by atoms with Gasteiger partial charge in [-0.25, -0.2) is 14.6 Å². The third-order valence-corrected chi connectivity index (χ3v) is 8.15. The maximum Gasteiger partial charge on any atom is 0.246 e. The molecule has 4 heterocycles. The van der Waals surface area contributed by atoms with Crippen molar-refractivity contribution in [3.8, 4) is 22.8 Å². The Balaban J connectivity index is 1.18. The van der Waals surface area contributed by atoms with Gasteiger partial charge in [-0.15, -0.1) is 0 Å². The molecule has 0 aliphatic carbocycles. The first kappa shape index (κ1) is 27.9. The zero-order valence-corrected chi connectivity index (χ0v) is 23.9. The molecule has 2 aromatic heterocycles.